The molecule has 152 valence electrons. The third kappa shape index (κ3) is 3.82. The van der Waals surface area contributed by atoms with E-state index in [0.29, 0.717) is 28.2 Å². The lowest BCUT2D eigenvalue weighted by Gasteiger charge is -2.09. The molecule has 0 spiro atoms. The summed E-state index contributed by atoms with van der Waals surface area (Å²) in [7, 11) is 0. The van der Waals surface area contributed by atoms with Gasteiger partial charge in [-0.3, -0.25) is 4.79 Å². The van der Waals surface area contributed by atoms with Crippen LogP contribution in [0.1, 0.15) is 34.5 Å². The van der Waals surface area contributed by atoms with Crippen LogP contribution in [-0.4, -0.2) is 25.7 Å². The average Bonchev–Trinajstić information content (AvgIpc) is 3.42. The molecule has 3 heterocycles. The fourth-order valence-corrected chi connectivity index (χ4v) is 4.24. The summed E-state index contributed by atoms with van der Waals surface area (Å²) >= 11 is 1.48. The zero-order valence-electron chi connectivity index (χ0n) is 16.5. The Hall–Kier alpha value is -3.13. The number of hydrogen-bond acceptors (Lipinski definition) is 6. The SMILES string of the molecule is Cc1cnn(CC2CC2)c1NC(=O)c1oc2ccccc2c1CSc1ncccn1. The van der Waals surface area contributed by atoms with Crippen molar-refractivity contribution in [2.24, 2.45) is 5.92 Å². The summed E-state index contributed by atoms with van der Waals surface area (Å²) in [4.78, 5) is 21.8. The Morgan fingerprint density at radius 3 is 2.83 bits per heavy atom. The Kier molecular flexibility index (Phi) is 5.00. The zero-order valence-corrected chi connectivity index (χ0v) is 17.4. The van der Waals surface area contributed by atoms with E-state index < -0.39 is 0 Å². The quantitative estimate of drug-likeness (QED) is 0.346. The minimum atomic E-state index is -0.267. The number of furan rings is 1. The number of nitrogens with one attached hydrogen (secondary N) is 1. The number of para-hydroxylation sites is 1. The van der Waals surface area contributed by atoms with Gasteiger partial charge in [0.1, 0.15) is 11.4 Å². The predicted molar refractivity (Wildman–Crippen MR) is 115 cm³/mol. The highest BCUT2D eigenvalue weighted by Gasteiger charge is 2.26. The number of carbonyl (C=O) groups excluding carboxylic acids is 1. The van der Waals surface area contributed by atoms with Crippen LogP contribution in [0.4, 0.5) is 5.82 Å². The normalized spacial score (nSPS) is 13.6. The van der Waals surface area contributed by atoms with Crippen molar-refractivity contribution in [2.75, 3.05) is 5.32 Å². The summed E-state index contributed by atoms with van der Waals surface area (Å²) in [5, 5.41) is 9.05. The third-order valence-corrected chi connectivity index (χ3v) is 6.08. The van der Waals surface area contributed by atoms with Crippen LogP contribution in [-0.2, 0) is 12.3 Å². The van der Waals surface area contributed by atoms with Crippen LogP contribution in [0.3, 0.4) is 0 Å². The summed E-state index contributed by atoms with van der Waals surface area (Å²) in [6.07, 6.45) is 7.65. The van der Waals surface area contributed by atoms with Crippen molar-refractivity contribution in [1.82, 2.24) is 19.7 Å². The monoisotopic (exact) mass is 419 g/mol. The molecular weight excluding hydrogens is 398 g/mol. The van der Waals surface area contributed by atoms with Crippen molar-refractivity contribution < 1.29 is 9.21 Å². The Bertz CT molecular complexity index is 1200. The number of benzene rings is 1. The summed E-state index contributed by atoms with van der Waals surface area (Å²) < 4.78 is 7.86. The molecule has 0 saturated heterocycles. The molecular formula is C22H21N5O2S. The summed E-state index contributed by atoms with van der Waals surface area (Å²) in [5.41, 5.74) is 2.47. The highest BCUT2D eigenvalue weighted by molar-refractivity contribution is 7.98. The molecule has 1 aliphatic carbocycles. The number of hydrogen-bond donors (Lipinski definition) is 1. The first-order chi connectivity index (χ1) is 14.7. The van der Waals surface area contributed by atoms with Crippen molar-refractivity contribution in [2.45, 2.75) is 37.2 Å². The molecule has 7 nitrogen and oxygen atoms in total. The molecule has 8 heteroatoms. The van der Waals surface area contributed by atoms with E-state index in [2.05, 4.69) is 20.4 Å². The molecule has 1 N–H and O–H groups in total. The van der Waals surface area contributed by atoms with E-state index in [4.69, 9.17) is 4.42 Å². The van der Waals surface area contributed by atoms with Crippen molar-refractivity contribution in [3.05, 3.63) is 65.8 Å². The van der Waals surface area contributed by atoms with Gasteiger partial charge in [0, 0.05) is 41.2 Å². The van der Waals surface area contributed by atoms with Gasteiger partial charge in [0.05, 0.1) is 6.20 Å². The van der Waals surface area contributed by atoms with Gasteiger partial charge in [-0.25, -0.2) is 14.6 Å². The zero-order chi connectivity index (χ0) is 20.5. The van der Waals surface area contributed by atoms with Gasteiger partial charge in [-0.1, -0.05) is 30.0 Å². The number of amides is 1. The maximum absolute atomic E-state index is 13.2. The van der Waals surface area contributed by atoms with Crippen LogP contribution in [0.25, 0.3) is 11.0 Å². The van der Waals surface area contributed by atoms with E-state index in [0.717, 1.165) is 28.9 Å². The van der Waals surface area contributed by atoms with Gasteiger partial charge >= 0.3 is 0 Å². The van der Waals surface area contributed by atoms with Crippen LogP contribution >= 0.6 is 11.8 Å². The first-order valence-corrected chi connectivity index (χ1v) is 10.9. The van der Waals surface area contributed by atoms with Crippen molar-refractivity contribution in [1.29, 1.82) is 0 Å². The Morgan fingerprint density at radius 2 is 2.03 bits per heavy atom. The summed E-state index contributed by atoms with van der Waals surface area (Å²) in [6.45, 7) is 2.78. The van der Waals surface area contributed by atoms with E-state index in [-0.39, 0.29) is 5.91 Å². The first kappa shape index (κ1) is 18.9. The topological polar surface area (TPSA) is 85.8 Å². The van der Waals surface area contributed by atoms with Gasteiger partial charge in [0.2, 0.25) is 0 Å². The van der Waals surface area contributed by atoms with E-state index >= 15 is 0 Å². The number of fused-ring (bicyclic) bond motifs is 1. The Balaban J connectivity index is 1.44. The number of anilines is 1. The largest absolute Gasteiger partial charge is 0.451 e. The fraction of sp³-hybridized carbons (Fsp3) is 0.273. The number of aryl methyl sites for hydroxylation is 1. The van der Waals surface area contributed by atoms with E-state index in [1.165, 1.54) is 24.6 Å². The van der Waals surface area contributed by atoms with Crippen LogP contribution in [0.15, 0.2) is 58.5 Å². The van der Waals surface area contributed by atoms with Gasteiger partial charge in [-0.2, -0.15) is 5.10 Å². The van der Waals surface area contributed by atoms with Gasteiger partial charge < -0.3 is 9.73 Å². The molecule has 1 saturated carbocycles. The maximum atomic E-state index is 13.2. The molecule has 5 rings (SSSR count). The average molecular weight is 420 g/mol. The lowest BCUT2D eigenvalue weighted by atomic mass is 10.1. The second-order valence-corrected chi connectivity index (χ2v) is 8.42. The maximum Gasteiger partial charge on any atom is 0.292 e. The van der Waals surface area contributed by atoms with E-state index in [1.807, 2.05) is 35.9 Å². The number of rotatable bonds is 7. The Morgan fingerprint density at radius 1 is 1.23 bits per heavy atom. The van der Waals surface area contributed by atoms with Crippen LogP contribution in [0.5, 0.6) is 0 Å². The van der Waals surface area contributed by atoms with Crippen LogP contribution < -0.4 is 5.32 Å². The lowest BCUT2D eigenvalue weighted by Crippen LogP contribution is -2.17. The number of thioether (sulfide) groups is 1. The molecule has 0 bridgehead atoms. The molecule has 0 aliphatic heterocycles. The van der Waals surface area contributed by atoms with Crippen molar-refractivity contribution in [3.8, 4) is 0 Å². The summed E-state index contributed by atoms with van der Waals surface area (Å²) in [5.74, 6) is 1.97. The third-order valence-electron chi connectivity index (χ3n) is 5.17. The molecule has 1 aliphatic rings. The first-order valence-electron chi connectivity index (χ1n) is 9.93. The highest BCUT2D eigenvalue weighted by atomic mass is 32.2. The minimum Gasteiger partial charge on any atom is -0.451 e. The summed E-state index contributed by atoms with van der Waals surface area (Å²) in [6, 6.07) is 9.48. The highest BCUT2D eigenvalue weighted by Crippen LogP contribution is 2.33. The molecule has 0 atom stereocenters. The van der Waals surface area contributed by atoms with Gasteiger partial charge in [-0.15, -0.1) is 0 Å². The van der Waals surface area contributed by atoms with Gasteiger partial charge in [-0.05, 0) is 37.8 Å². The molecule has 30 heavy (non-hydrogen) atoms. The second kappa shape index (κ2) is 7.95. The molecule has 1 fully saturated rings. The van der Waals surface area contributed by atoms with Gasteiger partial charge in [0.25, 0.3) is 5.91 Å². The standard InChI is InChI=1S/C22H21N5O2S/c1-14-11-25-27(12-15-7-8-15)20(14)26-21(28)19-17(13-30-22-23-9-4-10-24-22)16-5-2-3-6-18(16)29-19/h2-6,9-11,15H,7-8,12-13H2,1H3,(H,26,28). The fourth-order valence-electron chi connectivity index (χ4n) is 3.41. The second-order valence-electron chi connectivity index (χ2n) is 7.48. The molecule has 3 aromatic heterocycles. The molecule has 0 radical (unpaired) electrons. The number of carbonyl (C=O) groups is 1. The number of aromatic nitrogens is 4. The lowest BCUT2D eigenvalue weighted by molar-refractivity contribution is 0.0996. The molecule has 4 aromatic rings. The minimum absolute atomic E-state index is 0.267. The smallest absolute Gasteiger partial charge is 0.292 e. The molecule has 1 amide bonds. The number of nitrogens with zero attached hydrogens (tertiary/aromatic N) is 4. The predicted octanol–water partition coefficient (Wildman–Crippen LogP) is 4.68. The van der Waals surface area contributed by atoms with E-state index in [9.17, 15) is 4.79 Å². The van der Waals surface area contributed by atoms with Gasteiger partial charge in [0.15, 0.2) is 10.9 Å². The molecule has 1 aromatic carbocycles. The van der Waals surface area contributed by atoms with Crippen molar-refractivity contribution >= 4 is 34.5 Å². The van der Waals surface area contributed by atoms with Crippen molar-refractivity contribution in [3.63, 3.8) is 0 Å². The van der Waals surface area contributed by atoms with E-state index in [1.54, 1.807) is 24.7 Å². The van der Waals surface area contributed by atoms with Crippen LogP contribution in [0, 0.1) is 12.8 Å². The Labute approximate surface area is 177 Å². The molecule has 0 unspecified atom stereocenters. The van der Waals surface area contributed by atoms with Crippen LogP contribution in [0.2, 0.25) is 0 Å².